The molecule has 4 atom stereocenters. The highest BCUT2D eigenvalue weighted by molar-refractivity contribution is 7.13. The van der Waals surface area contributed by atoms with Gasteiger partial charge in [-0.3, -0.25) is 19.4 Å². The van der Waals surface area contributed by atoms with Crippen LogP contribution in [-0.2, 0) is 9.59 Å². The van der Waals surface area contributed by atoms with Crippen LogP contribution in [0.1, 0.15) is 32.1 Å². The van der Waals surface area contributed by atoms with Crippen molar-refractivity contribution >= 4 is 39.3 Å². The summed E-state index contributed by atoms with van der Waals surface area (Å²) in [5.41, 5.74) is 0. The van der Waals surface area contributed by atoms with Gasteiger partial charge in [0.1, 0.15) is 5.82 Å². The fourth-order valence-electron chi connectivity index (χ4n) is 6.58. The number of piperazine rings is 1. The number of carbonyl (C=O) groups excluding carboxylic acids is 2. The Morgan fingerprint density at radius 3 is 2.32 bits per heavy atom. The number of amides is 2. The molecule has 4 aliphatic rings. The first-order valence-corrected chi connectivity index (χ1v) is 12.6. The van der Waals surface area contributed by atoms with Gasteiger partial charge < -0.3 is 4.90 Å². The zero-order chi connectivity index (χ0) is 20.9. The van der Waals surface area contributed by atoms with Gasteiger partial charge in [0, 0.05) is 38.1 Å². The first kappa shape index (κ1) is 19.7. The summed E-state index contributed by atoms with van der Waals surface area (Å²) >= 11 is 1.58. The van der Waals surface area contributed by atoms with Gasteiger partial charge in [-0.2, -0.15) is 4.37 Å². The fourth-order valence-corrected chi connectivity index (χ4v) is 7.38. The van der Waals surface area contributed by atoms with Crippen LogP contribution in [0.25, 0.3) is 10.1 Å². The highest BCUT2D eigenvalue weighted by atomic mass is 32.1. The van der Waals surface area contributed by atoms with Crippen LogP contribution in [0.4, 0.5) is 5.82 Å². The van der Waals surface area contributed by atoms with Gasteiger partial charge in [0.05, 0.1) is 16.5 Å². The standard InChI is InChI=1S/C24H30N4O2S/c29-23-20-16-7-8-17(15-16)21(20)24(30)28(23)10-4-3-9-26-11-13-27(14-12-26)22-18-5-1-2-6-19(18)31-25-22/h1-2,5-6,16-17,20-21H,3-4,7-15H2/t16-,17+,20+,21-. The third-order valence-corrected chi connectivity index (χ3v) is 8.97. The molecule has 7 heteroatoms. The molecule has 0 unspecified atom stereocenters. The van der Waals surface area contributed by atoms with Gasteiger partial charge in [0.2, 0.25) is 11.8 Å². The number of imide groups is 1. The van der Waals surface area contributed by atoms with E-state index >= 15 is 0 Å². The van der Waals surface area contributed by atoms with E-state index in [-0.39, 0.29) is 23.7 Å². The Balaban J connectivity index is 0.967. The smallest absolute Gasteiger partial charge is 0.233 e. The van der Waals surface area contributed by atoms with E-state index in [1.807, 2.05) is 0 Å². The molecule has 6 nitrogen and oxygen atoms in total. The van der Waals surface area contributed by atoms with E-state index in [9.17, 15) is 9.59 Å². The topological polar surface area (TPSA) is 56.8 Å². The van der Waals surface area contributed by atoms with Gasteiger partial charge in [-0.05, 0) is 74.1 Å². The van der Waals surface area contributed by atoms with Crippen LogP contribution >= 0.6 is 11.5 Å². The van der Waals surface area contributed by atoms with Crippen LogP contribution in [0, 0.1) is 23.7 Å². The Kier molecular flexibility index (Phi) is 4.98. The number of nitrogens with zero attached hydrogens (tertiary/aromatic N) is 4. The Morgan fingerprint density at radius 1 is 0.903 bits per heavy atom. The number of anilines is 1. The minimum absolute atomic E-state index is 0.0288. The van der Waals surface area contributed by atoms with E-state index in [1.165, 1.54) is 10.1 Å². The van der Waals surface area contributed by atoms with Gasteiger partial charge in [-0.1, -0.05) is 12.1 Å². The average Bonchev–Trinajstić information content (AvgIpc) is 3.56. The predicted octanol–water partition coefficient (Wildman–Crippen LogP) is 3.23. The SMILES string of the molecule is O=C1[C@@H]2[C@H]3CC[C@H](C3)[C@@H]2C(=O)N1CCCCN1CCN(c2nsc3ccccc23)CC1. The molecule has 1 aromatic heterocycles. The molecule has 2 aromatic rings. The summed E-state index contributed by atoms with van der Waals surface area (Å²) in [6.45, 7) is 5.75. The second kappa shape index (κ2) is 7.85. The lowest BCUT2D eigenvalue weighted by Gasteiger charge is -2.35. The lowest BCUT2D eigenvalue weighted by atomic mass is 9.81. The monoisotopic (exact) mass is 438 g/mol. The summed E-state index contributed by atoms with van der Waals surface area (Å²) in [4.78, 5) is 32.1. The van der Waals surface area contributed by atoms with Crippen molar-refractivity contribution < 1.29 is 9.59 Å². The summed E-state index contributed by atoms with van der Waals surface area (Å²) in [6.07, 6.45) is 5.38. The van der Waals surface area contributed by atoms with Gasteiger partial charge in [0.25, 0.3) is 0 Å². The Labute approximate surface area is 187 Å². The Hall–Kier alpha value is -1.99. The molecule has 4 fully saturated rings. The summed E-state index contributed by atoms with van der Waals surface area (Å²) in [5.74, 6) is 2.45. The maximum Gasteiger partial charge on any atom is 0.233 e. The Bertz CT molecular complexity index is 970. The van der Waals surface area contributed by atoms with E-state index in [0.717, 1.165) is 70.6 Å². The first-order chi connectivity index (χ1) is 15.2. The number of hydrogen-bond donors (Lipinski definition) is 0. The Morgan fingerprint density at radius 2 is 1.58 bits per heavy atom. The third kappa shape index (κ3) is 3.28. The number of fused-ring (bicyclic) bond motifs is 6. The first-order valence-electron chi connectivity index (χ1n) is 11.9. The van der Waals surface area contributed by atoms with E-state index in [2.05, 4.69) is 34.1 Å². The van der Waals surface area contributed by atoms with Crippen molar-refractivity contribution in [3.05, 3.63) is 24.3 Å². The predicted molar refractivity (Wildman–Crippen MR) is 122 cm³/mol. The fraction of sp³-hybridized carbons (Fsp3) is 0.625. The van der Waals surface area contributed by atoms with Gasteiger partial charge in [-0.25, -0.2) is 0 Å². The minimum Gasteiger partial charge on any atom is -0.353 e. The molecular formula is C24H30N4O2S. The number of rotatable bonds is 6. The van der Waals surface area contributed by atoms with Gasteiger partial charge in [-0.15, -0.1) is 0 Å². The third-order valence-electron chi connectivity index (χ3n) is 8.16. The van der Waals surface area contributed by atoms with Crippen LogP contribution in [0.5, 0.6) is 0 Å². The molecule has 2 aliphatic heterocycles. The van der Waals surface area contributed by atoms with Crippen molar-refractivity contribution in [2.24, 2.45) is 23.7 Å². The summed E-state index contributed by atoms with van der Waals surface area (Å²) in [5, 5.41) is 1.26. The number of likely N-dealkylation sites (tertiary alicyclic amines) is 1. The van der Waals surface area contributed by atoms with Crippen molar-refractivity contribution in [3.8, 4) is 0 Å². The molecule has 2 bridgehead atoms. The molecule has 2 amide bonds. The van der Waals surface area contributed by atoms with Gasteiger partial charge >= 0.3 is 0 Å². The number of unbranched alkanes of at least 4 members (excludes halogenated alkanes) is 1. The second-order valence-electron chi connectivity index (χ2n) is 9.75. The lowest BCUT2D eigenvalue weighted by molar-refractivity contribution is -0.140. The highest BCUT2D eigenvalue weighted by Crippen LogP contribution is 2.56. The normalized spacial score (nSPS) is 30.7. The minimum atomic E-state index is 0.0288. The average molecular weight is 439 g/mol. The molecule has 0 N–H and O–H groups in total. The zero-order valence-electron chi connectivity index (χ0n) is 17.9. The van der Waals surface area contributed by atoms with Crippen molar-refractivity contribution in [1.82, 2.24) is 14.2 Å². The number of benzene rings is 1. The molecule has 0 spiro atoms. The quantitative estimate of drug-likeness (QED) is 0.512. The molecule has 1 aromatic carbocycles. The van der Waals surface area contributed by atoms with Crippen LogP contribution in [0.3, 0.4) is 0 Å². The number of aromatic nitrogens is 1. The molecule has 31 heavy (non-hydrogen) atoms. The van der Waals surface area contributed by atoms with Crippen molar-refractivity contribution in [3.63, 3.8) is 0 Å². The number of hydrogen-bond acceptors (Lipinski definition) is 6. The van der Waals surface area contributed by atoms with Crippen molar-refractivity contribution in [2.45, 2.75) is 32.1 Å². The van der Waals surface area contributed by atoms with Crippen molar-refractivity contribution in [2.75, 3.05) is 44.2 Å². The van der Waals surface area contributed by atoms with E-state index in [0.29, 0.717) is 18.4 Å². The lowest BCUT2D eigenvalue weighted by Crippen LogP contribution is -2.46. The van der Waals surface area contributed by atoms with Gasteiger partial charge in [0.15, 0.2) is 0 Å². The highest BCUT2D eigenvalue weighted by Gasteiger charge is 2.60. The summed E-state index contributed by atoms with van der Waals surface area (Å²) in [7, 11) is 0. The van der Waals surface area contributed by atoms with Crippen LogP contribution in [-0.4, -0.2) is 65.3 Å². The molecule has 2 aliphatic carbocycles. The molecule has 2 saturated heterocycles. The summed E-state index contributed by atoms with van der Waals surface area (Å²) in [6, 6.07) is 8.47. The maximum absolute atomic E-state index is 12.8. The van der Waals surface area contributed by atoms with E-state index in [1.54, 1.807) is 16.4 Å². The largest absolute Gasteiger partial charge is 0.353 e. The zero-order valence-corrected chi connectivity index (χ0v) is 18.7. The second-order valence-corrected chi connectivity index (χ2v) is 10.6. The molecule has 164 valence electrons. The van der Waals surface area contributed by atoms with Crippen LogP contribution < -0.4 is 4.90 Å². The summed E-state index contributed by atoms with van der Waals surface area (Å²) < 4.78 is 5.95. The maximum atomic E-state index is 12.8. The molecule has 6 rings (SSSR count). The van der Waals surface area contributed by atoms with Crippen molar-refractivity contribution in [1.29, 1.82) is 0 Å². The molecular weight excluding hydrogens is 408 g/mol. The molecule has 3 heterocycles. The molecule has 0 radical (unpaired) electrons. The van der Waals surface area contributed by atoms with Crippen LogP contribution in [0.15, 0.2) is 24.3 Å². The molecule has 2 saturated carbocycles. The van der Waals surface area contributed by atoms with E-state index < -0.39 is 0 Å². The van der Waals surface area contributed by atoms with E-state index in [4.69, 9.17) is 4.37 Å². The van der Waals surface area contributed by atoms with Crippen LogP contribution in [0.2, 0.25) is 0 Å². The number of carbonyl (C=O) groups is 2.